The highest BCUT2D eigenvalue weighted by Gasteiger charge is 2.15. The highest BCUT2D eigenvalue weighted by molar-refractivity contribution is 6.30. The van der Waals surface area contributed by atoms with Crippen LogP contribution in [0.5, 0.6) is 5.75 Å². The molecular weight excluding hydrogens is 386 g/mol. The zero-order valence-corrected chi connectivity index (χ0v) is 15.6. The maximum absolute atomic E-state index is 12.1. The summed E-state index contributed by atoms with van der Waals surface area (Å²) in [5.41, 5.74) is 1.26. The maximum atomic E-state index is 12.1. The molecule has 0 saturated heterocycles. The molecule has 144 valence electrons. The van der Waals surface area contributed by atoms with E-state index in [0.717, 1.165) is 5.56 Å². The Bertz CT molecular complexity index is 972. The van der Waals surface area contributed by atoms with Crippen molar-refractivity contribution in [2.24, 2.45) is 0 Å². The monoisotopic (exact) mass is 401 g/mol. The molecule has 0 spiro atoms. The number of carbonyl (C=O) groups is 2. The fourth-order valence-corrected chi connectivity index (χ4v) is 2.48. The van der Waals surface area contributed by atoms with E-state index in [-0.39, 0.29) is 24.9 Å². The highest BCUT2D eigenvalue weighted by Crippen LogP contribution is 2.14. The Hall–Kier alpha value is -3.39. The molecule has 0 aliphatic carbocycles. The van der Waals surface area contributed by atoms with Crippen LogP contribution in [-0.2, 0) is 17.9 Å². The smallest absolute Gasteiger partial charge is 0.337 e. The molecule has 1 aromatic heterocycles. The van der Waals surface area contributed by atoms with Crippen LogP contribution >= 0.6 is 11.6 Å². The minimum Gasteiger partial charge on any atom is -0.485 e. The minimum atomic E-state index is -0.499. The third-order valence-electron chi connectivity index (χ3n) is 3.65. The number of carbonyl (C=O) groups excluding carboxylic acids is 2. The molecule has 0 aliphatic heterocycles. The van der Waals surface area contributed by atoms with Crippen LogP contribution in [0.2, 0.25) is 5.02 Å². The molecule has 2 aromatic carbocycles. The van der Waals surface area contributed by atoms with Gasteiger partial charge in [0.2, 0.25) is 5.82 Å². The fourth-order valence-electron chi connectivity index (χ4n) is 2.26. The number of ether oxygens (including phenoxy) is 2. The Morgan fingerprint density at radius 2 is 1.96 bits per heavy atom. The summed E-state index contributed by atoms with van der Waals surface area (Å²) >= 11 is 5.91. The average Bonchev–Trinajstić information content (AvgIpc) is 3.19. The number of esters is 1. The number of rotatable bonds is 7. The van der Waals surface area contributed by atoms with Crippen molar-refractivity contribution in [2.45, 2.75) is 13.2 Å². The second kappa shape index (κ2) is 9.01. The van der Waals surface area contributed by atoms with Crippen LogP contribution in [-0.4, -0.2) is 29.1 Å². The predicted octanol–water partition coefficient (Wildman–Crippen LogP) is 3.02. The van der Waals surface area contributed by atoms with E-state index in [0.29, 0.717) is 16.3 Å². The summed E-state index contributed by atoms with van der Waals surface area (Å²) in [5, 5.41) is 6.97. The molecule has 0 unspecified atom stereocenters. The Balaban J connectivity index is 1.52. The quantitative estimate of drug-likeness (QED) is 0.607. The van der Waals surface area contributed by atoms with Gasteiger partial charge in [0.05, 0.1) is 12.7 Å². The molecule has 9 heteroatoms. The first-order valence-corrected chi connectivity index (χ1v) is 8.59. The van der Waals surface area contributed by atoms with Gasteiger partial charge in [-0.3, -0.25) is 4.79 Å². The third-order valence-corrected chi connectivity index (χ3v) is 3.88. The normalized spacial score (nSPS) is 10.4. The van der Waals surface area contributed by atoms with Gasteiger partial charge in [-0.1, -0.05) is 28.9 Å². The first kappa shape index (κ1) is 19.4. The number of methoxy groups -OCH3 is 1. The Kier molecular flexibility index (Phi) is 6.23. The van der Waals surface area contributed by atoms with Gasteiger partial charge in [-0.2, -0.15) is 4.98 Å². The van der Waals surface area contributed by atoms with Crippen molar-refractivity contribution < 1.29 is 23.6 Å². The minimum absolute atomic E-state index is 0.00262. The molecule has 0 aliphatic rings. The van der Waals surface area contributed by atoms with Gasteiger partial charge >= 0.3 is 17.8 Å². The summed E-state index contributed by atoms with van der Waals surface area (Å²) in [7, 11) is 1.31. The van der Waals surface area contributed by atoms with E-state index in [1.54, 1.807) is 42.5 Å². The van der Waals surface area contributed by atoms with Crippen LogP contribution in [0.25, 0.3) is 0 Å². The second-order valence-corrected chi connectivity index (χ2v) is 6.07. The van der Waals surface area contributed by atoms with Crippen molar-refractivity contribution in [3.05, 3.63) is 76.4 Å². The molecule has 0 radical (unpaired) electrons. The lowest BCUT2D eigenvalue weighted by molar-refractivity contribution is 0.0600. The number of amides is 1. The van der Waals surface area contributed by atoms with Gasteiger partial charge in [0.25, 0.3) is 0 Å². The van der Waals surface area contributed by atoms with Crippen LogP contribution in [0.3, 0.4) is 0 Å². The van der Waals surface area contributed by atoms with Crippen LogP contribution in [0, 0.1) is 0 Å². The van der Waals surface area contributed by atoms with E-state index in [4.69, 9.17) is 20.9 Å². The van der Waals surface area contributed by atoms with Gasteiger partial charge in [-0.25, -0.2) is 4.79 Å². The third kappa shape index (κ3) is 5.08. The SMILES string of the molecule is COC(=O)c1ccc(OCc2noc(C(=O)NCc3cccc(Cl)c3)n2)cc1. The van der Waals surface area contributed by atoms with Crippen molar-refractivity contribution in [3.63, 3.8) is 0 Å². The molecular formula is C19H16ClN3O5. The summed E-state index contributed by atoms with van der Waals surface area (Å²) < 4.78 is 15.1. The molecule has 8 nitrogen and oxygen atoms in total. The summed E-state index contributed by atoms with van der Waals surface area (Å²) in [4.78, 5) is 27.5. The molecule has 0 saturated carbocycles. The van der Waals surface area contributed by atoms with Gasteiger partial charge < -0.3 is 19.3 Å². The lowest BCUT2D eigenvalue weighted by atomic mass is 10.2. The highest BCUT2D eigenvalue weighted by atomic mass is 35.5. The zero-order chi connectivity index (χ0) is 19.9. The predicted molar refractivity (Wildman–Crippen MR) is 99.0 cm³/mol. The molecule has 1 heterocycles. The lowest BCUT2D eigenvalue weighted by Crippen LogP contribution is -2.23. The number of nitrogens with one attached hydrogen (secondary N) is 1. The van der Waals surface area contributed by atoms with Crippen LogP contribution < -0.4 is 10.1 Å². The number of hydrogen-bond acceptors (Lipinski definition) is 7. The van der Waals surface area contributed by atoms with Gasteiger partial charge in [0.15, 0.2) is 6.61 Å². The first-order chi connectivity index (χ1) is 13.5. The Morgan fingerprint density at radius 1 is 1.18 bits per heavy atom. The number of hydrogen-bond donors (Lipinski definition) is 1. The maximum Gasteiger partial charge on any atom is 0.337 e. The molecule has 3 rings (SSSR count). The molecule has 0 atom stereocenters. The Labute approximate surface area is 165 Å². The van der Waals surface area contributed by atoms with Crippen molar-refractivity contribution in [2.75, 3.05) is 7.11 Å². The van der Waals surface area contributed by atoms with E-state index in [1.807, 2.05) is 6.07 Å². The Morgan fingerprint density at radius 3 is 2.68 bits per heavy atom. The number of nitrogens with zero attached hydrogens (tertiary/aromatic N) is 2. The average molecular weight is 402 g/mol. The van der Waals surface area contributed by atoms with Crippen molar-refractivity contribution in [1.29, 1.82) is 0 Å². The molecule has 3 aromatic rings. The van der Waals surface area contributed by atoms with E-state index in [1.165, 1.54) is 7.11 Å². The van der Waals surface area contributed by atoms with Crippen LogP contribution in [0.1, 0.15) is 32.4 Å². The van der Waals surface area contributed by atoms with Crippen molar-refractivity contribution in [3.8, 4) is 5.75 Å². The molecule has 0 bridgehead atoms. The van der Waals surface area contributed by atoms with Gasteiger partial charge in [0, 0.05) is 11.6 Å². The van der Waals surface area contributed by atoms with Crippen LogP contribution in [0.4, 0.5) is 0 Å². The molecule has 28 heavy (non-hydrogen) atoms. The first-order valence-electron chi connectivity index (χ1n) is 8.21. The lowest BCUT2D eigenvalue weighted by Gasteiger charge is -2.04. The van der Waals surface area contributed by atoms with Crippen LogP contribution in [0.15, 0.2) is 53.1 Å². The zero-order valence-electron chi connectivity index (χ0n) is 14.8. The standard InChI is InChI=1S/C19H16ClN3O5/c1-26-19(25)13-5-7-15(8-6-13)27-11-16-22-18(28-23-16)17(24)21-10-12-3-2-4-14(20)9-12/h2-9H,10-11H2,1H3,(H,21,24). The van der Waals surface area contributed by atoms with E-state index in [2.05, 4.69) is 20.2 Å². The summed E-state index contributed by atoms with van der Waals surface area (Å²) in [6, 6.07) is 13.5. The largest absolute Gasteiger partial charge is 0.485 e. The van der Waals surface area contributed by atoms with E-state index >= 15 is 0 Å². The van der Waals surface area contributed by atoms with Gasteiger partial charge in [-0.15, -0.1) is 0 Å². The topological polar surface area (TPSA) is 104 Å². The number of halogens is 1. The molecule has 1 amide bonds. The number of benzene rings is 2. The van der Waals surface area contributed by atoms with Crippen molar-refractivity contribution in [1.82, 2.24) is 15.5 Å². The molecule has 1 N–H and O–H groups in total. The van der Waals surface area contributed by atoms with Gasteiger partial charge in [-0.05, 0) is 42.0 Å². The number of aromatic nitrogens is 2. The molecule has 0 fully saturated rings. The second-order valence-electron chi connectivity index (χ2n) is 5.63. The van der Waals surface area contributed by atoms with E-state index < -0.39 is 11.9 Å². The van der Waals surface area contributed by atoms with Gasteiger partial charge in [0.1, 0.15) is 5.75 Å². The van der Waals surface area contributed by atoms with E-state index in [9.17, 15) is 9.59 Å². The van der Waals surface area contributed by atoms with Crippen molar-refractivity contribution >= 4 is 23.5 Å². The summed E-state index contributed by atoms with van der Waals surface area (Å²) in [6.45, 7) is 0.281. The summed E-state index contributed by atoms with van der Waals surface area (Å²) in [5.74, 6) is -0.379. The summed E-state index contributed by atoms with van der Waals surface area (Å²) in [6.07, 6.45) is 0. The fraction of sp³-hybridized carbons (Fsp3) is 0.158.